The second-order valence-electron chi connectivity index (χ2n) is 4.58. The highest BCUT2D eigenvalue weighted by molar-refractivity contribution is 5.07. The summed E-state index contributed by atoms with van der Waals surface area (Å²) in [5, 5.41) is 6.97. The van der Waals surface area contributed by atoms with Crippen LogP contribution in [0.2, 0.25) is 0 Å². The predicted molar refractivity (Wildman–Crippen MR) is 66.2 cm³/mol. The third-order valence-corrected chi connectivity index (χ3v) is 3.30. The van der Waals surface area contributed by atoms with Crippen LogP contribution in [0.4, 0.5) is 0 Å². The summed E-state index contributed by atoms with van der Waals surface area (Å²) < 4.78 is 0. The topological polar surface area (TPSA) is 37.0 Å². The first kappa shape index (κ1) is 11.6. The standard InChI is InChI=1S/C13H21N3/c1-11(13-4-2-3-7-15-13)16-10-12-5-8-14-9-6-12/h2-4,7,11-12,14,16H,5-6,8-10H2,1H3/t11-/m0/s1. The number of pyridine rings is 1. The highest BCUT2D eigenvalue weighted by Gasteiger charge is 2.14. The molecular weight excluding hydrogens is 198 g/mol. The van der Waals surface area contributed by atoms with E-state index in [1.807, 2.05) is 18.3 Å². The fraction of sp³-hybridized carbons (Fsp3) is 0.615. The van der Waals surface area contributed by atoms with Crippen LogP contribution in [0.1, 0.15) is 31.5 Å². The van der Waals surface area contributed by atoms with Gasteiger partial charge in [0.2, 0.25) is 0 Å². The third-order valence-electron chi connectivity index (χ3n) is 3.30. The van der Waals surface area contributed by atoms with Crippen molar-refractivity contribution in [2.75, 3.05) is 19.6 Å². The summed E-state index contributed by atoms with van der Waals surface area (Å²) in [6.07, 6.45) is 4.45. The van der Waals surface area contributed by atoms with E-state index in [4.69, 9.17) is 0 Å². The number of nitrogens with zero attached hydrogens (tertiary/aromatic N) is 1. The molecule has 2 heterocycles. The van der Waals surface area contributed by atoms with Crippen molar-refractivity contribution in [1.29, 1.82) is 0 Å². The van der Waals surface area contributed by atoms with E-state index in [0.717, 1.165) is 18.2 Å². The van der Waals surface area contributed by atoms with Gasteiger partial charge in [-0.05, 0) is 57.5 Å². The molecule has 1 aliphatic rings. The minimum atomic E-state index is 0.357. The first-order chi connectivity index (χ1) is 7.86. The van der Waals surface area contributed by atoms with Crippen molar-refractivity contribution in [3.05, 3.63) is 30.1 Å². The molecule has 1 fully saturated rings. The third kappa shape index (κ3) is 3.29. The molecule has 0 radical (unpaired) electrons. The molecule has 2 rings (SSSR count). The Hall–Kier alpha value is -0.930. The van der Waals surface area contributed by atoms with Crippen LogP contribution in [0.15, 0.2) is 24.4 Å². The normalized spacial score (nSPS) is 19.6. The van der Waals surface area contributed by atoms with Crippen LogP contribution in [-0.2, 0) is 0 Å². The van der Waals surface area contributed by atoms with Gasteiger partial charge in [-0.25, -0.2) is 0 Å². The zero-order valence-electron chi connectivity index (χ0n) is 9.95. The molecule has 2 N–H and O–H groups in total. The average molecular weight is 219 g/mol. The number of piperidine rings is 1. The van der Waals surface area contributed by atoms with Gasteiger partial charge >= 0.3 is 0 Å². The molecule has 1 aliphatic heterocycles. The highest BCUT2D eigenvalue weighted by atomic mass is 14.9. The molecule has 0 aliphatic carbocycles. The van der Waals surface area contributed by atoms with Gasteiger partial charge in [-0.15, -0.1) is 0 Å². The molecule has 0 bridgehead atoms. The highest BCUT2D eigenvalue weighted by Crippen LogP contribution is 2.13. The Labute approximate surface area is 97.7 Å². The molecule has 0 spiro atoms. The van der Waals surface area contributed by atoms with Gasteiger partial charge in [-0.2, -0.15) is 0 Å². The van der Waals surface area contributed by atoms with Gasteiger partial charge in [-0.3, -0.25) is 4.98 Å². The Morgan fingerprint density at radius 3 is 2.94 bits per heavy atom. The summed E-state index contributed by atoms with van der Waals surface area (Å²) in [7, 11) is 0. The van der Waals surface area contributed by atoms with E-state index < -0.39 is 0 Å². The van der Waals surface area contributed by atoms with E-state index in [1.165, 1.54) is 25.9 Å². The van der Waals surface area contributed by atoms with Crippen LogP contribution in [-0.4, -0.2) is 24.6 Å². The van der Waals surface area contributed by atoms with E-state index >= 15 is 0 Å². The lowest BCUT2D eigenvalue weighted by Gasteiger charge is -2.24. The Morgan fingerprint density at radius 1 is 1.44 bits per heavy atom. The van der Waals surface area contributed by atoms with Crippen LogP contribution in [0.3, 0.4) is 0 Å². The summed E-state index contributed by atoms with van der Waals surface area (Å²) in [4.78, 5) is 4.37. The van der Waals surface area contributed by atoms with Crippen molar-refractivity contribution in [2.45, 2.75) is 25.8 Å². The van der Waals surface area contributed by atoms with Crippen molar-refractivity contribution >= 4 is 0 Å². The molecule has 3 heteroatoms. The molecule has 0 aromatic carbocycles. The second-order valence-corrected chi connectivity index (χ2v) is 4.58. The van der Waals surface area contributed by atoms with Crippen molar-refractivity contribution < 1.29 is 0 Å². The Kier molecular flexibility index (Phi) is 4.31. The van der Waals surface area contributed by atoms with Gasteiger partial charge in [0.25, 0.3) is 0 Å². The van der Waals surface area contributed by atoms with Gasteiger partial charge in [0, 0.05) is 12.2 Å². The lowest BCUT2D eigenvalue weighted by Crippen LogP contribution is -2.34. The predicted octanol–water partition coefficient (Wildman–Crippen LogP) is 1.73. The minimum absolute atomic E-state index is 0.357. The molecule has 0 saturated carbocycles. The van der Waals surface area contributed by atoms with Crippen molar-refractivity contribution in [1.82, 2.24) is 15.6 Å². The minimum Gasteiger partial charge on any atom is -0.317 e. The van der Waals surface area contributed by atoms with E-state index in [0.29, 0.717) is 6.04 Å². The molecule has 88 valence electrons. The molecule has 0 unspecified atom stereocenters. The number of nitrogens with one attached hydrogen (secondary N) is 2. The fourth-order valence-corrected chi connectivity index (χ4v) is 2.17. The van der Waals surface area contributed by atoms with Crippen LogP contribution in [0, 0.1) is 5.92 Å². The summed E-state index contributed by atoms with van der Waals surface area (Å²) in [6, 6.07) is 6.45. The second kappa shape index (κ2) is 5.97. The van der Waals surface area contributed by atoms with Gasteiger partial charge < -0.3 is 10.6 Å². The van der Waals surface area contributed by atoms with Gasteiger partial charge in [-0.1, -0.05) is 6.07 Å². The monoisotopic (exact) mass is 219 g/mol. The van der Waals surface area contributed by atoms with Crippen LogP contribution in [0.25, 0.3) is 0 Å². The number of aromatic nitrogens is 1. The lowest BCUT2D eigenvalue weighted by molar-refractivity contribution is 0.344. The van der Waals surface area contributed by atoms with Crippen LogP contribution < -0.4 is 10.6 Å². The first-order valence-corrected chi connectivity index (χ1v) is 6.21. The van der Waals surface area contributed by atoms with Crippen molar-refractivity contribution in [3.8, 4) is 0 Å². The molecule has 3 nitrogen and oxygen atoms in total. The lowest BCUT2D eigenvalue weighted by atomic mass is 9.98. The molecule has 0 amide bonds. The first-order valence-electron chi connectivity index (χ1n) is 6.21. The maximum atomic E-state index is 4.37. The Morgan fingerprint density at radius 2 is 2.25 bits per heavy atom. The summed E-state index contributed by atoms with van der Waals surface area (Å²) in [6.45, 7) is 5.64. The Balaban J connectivity index is 1.77. The van der Waals surface area contributed by atoms with E-state index in [1.54, 1.807) is 0 Å². The Bertz CT molecular complexity index is 293. The van der Waals surface area contributed by atoms with Gasteiger partial charge in [0.1, 0.15) is 0 Å². The van der Waals surface area contributed by atoms with Crippen molar-refractivity contribution in [2.24, 2.45) is 5.92 Å². The summed E-state index contributed by atoms with van der Waals surface area (Å²) in [5.41, 5.74) is 1.14. The van der Waals surface area contributed by atoms with Crippen LogP contribution in [0.5, 0.6) is 0 Å². The smallest absolute Gasteiger partial charge is 0.0570 e. The molecule has 1 atom stereocenters. The average Bonchev–Trinajstić information content (AvgIpc) is 2.38. The zero-order valence-corrected chi connectivity index (χ0v) is 9.95. The van der Waals surface area contributed by atoms with Gasteiger partial charge in [0.05, 0.1) is 5.69 Å². The molecule has 16 heavy (non-hydrogen) atoms. The van der Waals surface area contributed by atoms with Crippen LogP contribution >= 0.6 is 0 Å². The van der Waals surface area contributed by atoms with E-state index in [-0.39, 0.29) is 0 Å². The molecule has 1 aromatic heterocycles. The fourth-order valence-electron chi connectivity index (χ4n) is 2.17. The quantitative estimate of drug-likeness (QED) is 0.810. The SMILES string of the molecule is C[C@H](NCC1CCNCC1)c1ccccn1. The van der Waals surface area contributed by atoms with Gasteiger partial charge in [0.15, 0.2) is 0 Å². The molecule has 1 saturated heterocycles. The maximum Gasteiger partial charge on any atom is 0.0570 e. The van der Waals surface area contributed by atoms with Crippen molar-refractivity contribution in [3.63, 3.8) is 0 Å². The largest absolute Gasteiger partial charge is 0.317 e. The number of hydrogen-bond acceptors (Lipinski definition) is 3. The number of rotatable bonds is 4. The van der Waals surface area contributed by atoms with E-state index in [2.05, 4.69) is 28.6 Å². The zero-order chi connectivity index (χ0) is 11.2. The molecular formula is C13H21N3. The summed E-state index contributed by atoms with van der Waals surface area (Å²) in [5.74, 6) is 0.826. The summed E-state index contributed by atoms with van der Waals surface area (Å²) >= 11 is 0. The maximum absolute atomic E-state index is 4.37. The van der Waals surface area contributed by atoms with E-state index in [9.17, 15) is 0 Å². The number of hydrogen-bond donors (Lipinski definition) is 2. The molecule has 1 aromatic rings.